The third-order valence-corrected chi connectivity index (χ3v) is 9.80. The summed E-state index contributed by atoms with van der Waals surface area (Å²) in [5.41, 5.74) is -0.733. The van der Waals surface area contributed by atoms with Gasteiger partial charge in [-0.3, -0.25) is 9.78 Å². The van der Waals surface area contributed by atoms with Gasteiger partial charge in [0.1, 0.15) is 23.5 Å². The normalized spacial score (nSPS) is 20.5. The first-order chi connectivity index (χ1) is 21.7. The number of sulfone groups is 1. The van der Waals surface area contributed by atoms with Crippen molar-refractivity contribution in [3.8, 4) is 11.5 Å². The van der Waals surface area contributed by atoms with Gasteiger partial charge in [0.25, 0.3) is 5.91 Å². The van der Waals surface area contributed by atoms with Crippen LogP contribution in [0.2, 0.25) is 0 Å². The van der Waals surface area contributed by atoms with Crippen LogP contribution in [-0.4, -0.2) is 73.8 Å². The number of hydrogen-bond acceptors (Lipinski definition) is 10. The quantitative estimate of drug-likeness (QED) is 0.342. The predicted octanol–water partition coefficient (Wildman–Crippen LogP) is 4.02. The molecule has 11 nitrogen and oxygen atoms in total. The fraction of sp³-hybridized carbons (Fsp3) is 0.333. The molecule has 234 valence electrons. The van der Waals surface area contributed by atoms with Gasteiger partial charge in [-0.25, -0.2) is 31.6 Å². The number of aromatic nitrogens is 3. The van der Waals surface area contributed by atoms with Crippen molar-refractivity contribution in [2.24, 2.45) is 0 Å². The molecule has 0 spiro atoms. The number of pyridine rings is 3. The predicted molar refractivity (Wildman–Crippen MR) is 158 cm³/mol. The second kappa shape index (κ2) is 11.4. The third-order valence-electron chi connectivity index (χ3n) is 7.97. The van der Waals surface area contributed by atoms with Gasteiger partial charge in [-0.05, 0) is 36.8 Å². The van der Waals surface area contributed by atoms with E-state index in [0.29, 0.717) is 61.3 Å². The SMILES string of the molecule is O=C(NCc1cc2nc(N3CCOc4cc(N5CC[C@H](F)C5)cnc43)ccc2cn1)c1cc(F)c2c(c1)S(=O)(=O)[C@@H](F)CCO2. The molecule has 1 N–H and O–H groups in total. The van der Waals surface area contributed by atoms with E-state index in [2.05, 4.69) is 15.3 Å². The minimum absolute atomic E-state index is 0.0741. The van der Waals surface area contributed by atoms with Crippen molar-refractivity contribution in [2.75, 3.05) is 42.6 Å². The molecule has 3 aliphatic heterocycles. The number of anilines is 3. The van der Waals surface area contributed by atoms with Crippen molar-refractivity contribution in [3.05, 3.63) is 65.9 Å². The van der Waals surface area contributed by atoms with Crippen molar-refractivity contribution in [2.45, 2.75) is 36.0 Å². The van der Waals surface area contributed by atoms with Crippen LogP contribution in [0.4, 0.5) is 30.5 Å². The molecule has 1 aromatic carbocycles. The van der Waals surface area contributed by atoms with Gasteiger partial charge in [0.15, 0.2) is 23.1 Å². The van der Waals surface area contributed by atoms with Crippen LogP contribution in [0.25, 0.3) is 10.9 Å². The summed E-state index contributed by atoms with van der Waals surface area (Å²) in [6, 6.07) is 9.04. The Morgan fingerprint density at radius 1 is 1.02 bits per heavy atom. The molecule has 0 bridgehead atoms. The number of benzene rings is 1. The van der Waals surface area contributed by atoms with Crippen molar-refractivity contribution in [1.29, 1.82) is 0 Å². The Morgan fingerprint density at radius 2 is 1.89 bits per heavy atom. The average molecular weight is 641 g/mol. The van der Waals surface area contributed by atoms with Crippen LogP contribution in [0.15, 0.2) is 53.7 Å². The number of halogens is 3. The smallest absolute Gasteiger partial charge is 0.251 e. The molecule has 6 heterocycles. The van der Waals surface area contributed by atoms with Gasteiger partial charge in [0.2, 0.25) is 15.3 Å². The molecule has 45 heavy (non-hydrogen) atoms. The number of fused-ring (bicyclic) bond motifs is 3. The van der Waals surface area contributed by atoms with Crippen molar-refractivity contribution < 1.29 is 35.9 Å². The van der Waals surface area contributed by atoms with Crippen LogP contribution in [0.1, 0.15) is 28.9 Å². The van der Waals surface area contributed by atoms with Gasteiger partial charge < -0.3 is 24.6 Å². The summed E-state index contributed by atoms with van der Waals surface area (Å²) in [5, 5.41) is 3.35. The van der Waals surface area contributed by atoms with Gasteiger partial charge >= 0.3 is 0 Å². The number of hydrogen-bond donors (Lipinski definition) is 1. The van der Waals surface area contributed by atoms with Crippen molar-refractivity contribution in [1.82, 2.24) is 20.3 Å². The number of nitrogens with zero attached hydrogens (tertiary/aromatic N) is 5. The average Bonchev–Trinajstić information content (AvgIpc) is 3.44. The van der Waals surface area contributed by atoms with Crippen LogP contribution >= 0.6 is 0 Å². The minimum Gasteiger partial charge on any atom is -0.489 e. The van der Waals surface area contributed by atoms with E-state index in [1.54, 1.807) is 18.5 Å². The zero-order valence-electron chi connectivity index (χ0n) is 23.7. The number of nitrogens with one attached hydrogen (secondary N) is 1. The highest BCUT2D eigenvalue weighted by atomic mass is 32.2. The Labute approximate surface area is 255 Å². The molecule has 7 rings (SSSR count). The molecule has 0 saturated carbocycles. The Bertz CT molecular complexity index is 1930. The molecule has 0 unspecified atom stereocenters. The van der Waals surface area contributed by atoms with Gasteiger partial charge in [-0.15, -0.1) is 0 Å². The number of alkyl halides is 2. The first kappa shape index (κ1) is 29.1. The fourth-order valence-electron chi connectivity index (χ4n) is 5.60. The highest BCUT2D eigenvalue weighted by molar-refractivity contribution is 7.92. The van der Waals surface area contributed by atoms with Crippen molar-refractivity contribution in [3.63, 3.8) is 0 Å². The molecule has 15 heteroatoms. The Kier molecular flexibility index (Phi) is 7.34. The van der Waals surface area contributed by atoms with E-state index in [1.807, 2.05) is 28.0 Å². The van der Waals surface area contributed by atoms with Gasteiger partial charge in [0.05, 0.1) is 42.8 Å². The van der Waals surface area contributed by atoms with Crippen LogP contribution in [0, 0.1) is 5.82 Å². The molecule has 1 saturated heterocycles. The molecule has 3 aromatic heterocycles. The lowest BCUT2D eigenvalue weighted by atomic mass is 10.2. The van der Waals surface area contributed by atoms with E-state index < -0.39 is 50.3 Å². The minimum atomic E-state index is -4.53. The van der Waals surface area contributed by atoms with Crippen LogP contribution < -0.4 is 24.6 Å². The Hall–Kier alpha value is -4.66. The fourth-order valence-corrected chi connectivity index (χ4v) is 6.99. The van der Waals surface area contributed by atoms with E-state index in [9.17, 15) is 26.4 Å². The second-order valence-electron chi connectivity index (χ2n) is 10.9. The molecule has 4 aromatic rings. The standard InChI is InChI=1S/C30H27F3N6O5S/c31-19-3-5-38(16-19)21-12-24-29(35-15-21)39(6-8-43-24)27-2-1-17-13-34-20(11-23(17)37-27)14-36-30(40)18-9-22(32)28-25(10-18)45(41,42)26(33)4-7-44-28/h1-2,9-13,15,19,26H,3-8,14,16H2,(H,36,40)/t19-,26+/m0/s1. The molecule has 1 amide bonds. The zero-order chi connectivity index (χ0) is 31.3. The molecule has 2 atom stereocenters. The number of carbonyl (C=O) groups excluding carboxylic acids is 1. The number of amides is 1. The van der Waals surface area contributed by atoms with Gasteiger partial charge in [-0.1, -0.05) is 0 Å². The molecule has 1 fully saturated rings. The third kappa shape index (κ3) is 5.45. The summed E-state index contributed by atoms with van der Waals surface area (Å²) >= 11 is 0. The Balaban J connectivity index is 1.10. The van der Waals surface area contributed by atoms with E-state index >= 15 is 0 Å². The first-order valence-corrected chi connectivity index (χ1v) is 15.9. The van der Waals surface area contributed by atoms with Crippen LogP contribution in [0.3, 0.4) is 0 Å². The van der Waals surface area contributed by atoms with Crippen molar-refractivity contribution >= 4 is 44.0 Å². The molecular weight excluding hydrogens is 613 g/mol. The lowest BCUT2D eigenvalue weighted by molar-refractivity contribution is 0.0949. The maximum Gasteiger partial charge on any atom is 0.251 e. The van der Waals surface area contributed by atoms with E-state index in [0.717, 1.165) is 23.2 Å². The largest absolute Gasteiger partial charge is 0.489 e. The lowest BCUT2D eigenvalue weighted by Gasteiger charge is -2.30. The summed E-state index contributed by atoms with van der Waals surface area (Å²) < 4.78 is 78.8. The summed E-state index contributed by atoms with van der Waals surface area (Å²) in [7, 11) is -4.53. The molecule has 3 aliphatic rings. The molecule has 0 radical (unpaired) electrons. The topological polar surface area (TPSA) is 127 Å². The monoisotopic (exact) mass is 640 g/mol. The Morgan fingerprint density at radius 3 is 2.71 bits per heavy atom. The highest BCUT2D eigenvalue weighted by Crippen LogP contribution is 2.38. The van der Waals surface area contributed by atoms with Crippen LogP contribution in [0.5, 0.6) is 11.5 Å². The zero-order valence-corrected chi connectivity index (χ0v) is 24.6. The summed E-state index contributed by atoms with van der Waals surface area (Å²) in [4.78, 5) is 29.9. The summed E-state index contributed by atoms with van der Waals surface area (Å²) in [6.45, 7) is 1.47. The number of ether oxygens (including phenoxy) is 2. The number of rotatable bonds is 5. The first-order valence-electron chi connectivity index (χ1n) is 14.3. The van der Waals surface area contributed by atoms with E-state index in [1.165, 1.54) is 0 Å². The molecule has 0 aliphatic carbocycles. The van der Waals surface area contributed by atoms with E-state index in [4.69, 9.17) is 14.5 Å². The molecular formula is C30H27F3N6O5S. The lowest BCUT2D eigenvalue weighted by Crippen LogP contribution is -2.30. The van der Waals surface area contributed by atoms with Crippen LogP contribution in [-0.2, 0) is 16.4 Å². The van der Waals surface area contributed by atoms with Gasteiger partial charge in [-0.2, -0.15) is 0 Å². The van der Waals surface area contributed by atoms with Gasteiger partial charge in [0, 0.05) is 42.7 Å². The summed E-state index contributed by atoms with van der Waals surface area (Å²) in [5.74, 6) is -0.652. The number of carbonyl (C=O) groups is 1. The van der Waals surface area contributed by atoms with E-state index in [-0.39, 0.29) is 18.7 Å². The second-order valence-corrected chi connectivity index (χ2v) is 13.0. The summed E-state index contributed by atoms with van der Waals surface area (Å²) in [6.07, 6.45) is 2.49. The maximum atomic E-state index is 14.7. The maximum absolute atomic E-state index is 14.7. The highest BCUT2D eigenvalue weighted by Gasteiger charge is 2.36.